The maximum absolute atomic E-state index is 11.2. The zero-order valence-corrected chi connectivity index (χ0v) is 15.5. The lowest BCUT2D eigenvalue weighted by Crippen LogP contribution is -2.27. The number of anilines is 1. The number of benzene rings is 1. The molecule has 2 N–H and O–H groups in total. The summed E-state index contributed by atoms with van der Waals surface area (Å²) in [6.07, 6.45) is -0.0550. The summed E-state index contributed by atoms with van der Waals surface area (Å²) in [7, 11) is 1.63. The predicted octanol–water partition coefficient (Wildman–Crippen LogP) is 3.91. The third-order valence-corrected chi connectivity index (χ3v) is 4.50. The number of hydrogen-bond acceptors (Lipinski definition) is 5. The normalized spacial score (nSPS) is 11.7. The Morgan fingerprint density at radius 2 is 2.08 bits per heavy atom. The van der Waals surface area contributed by atoms with E-state index in [1.165, 1.54) is 11.3 Å². The van der Waals surface area contributed by atoms with Crippen molar-refractivity contribution in [1.82, 2.24) is 9.38 Å². The van der Waals surface area contributed by atoms with Crippen molar-refractivity contribution in [3.8, 4) is 17.0 Å². The number of hydrogen-bond donors (Lipinski definition) is 2. The third kappa shape index (κ3) is 3.46. The van der Waals surface area contributed by atoms with Crippen LogP contribution < -0.4 is 10.1 Å². The number of para-hydroxylation sites is 1. The molecule has 7 heteroatoms. The lowest BCUT2D eigenvalue weighted by Gasteiger charge is -2.23. The van der Waals surface area contributed by atoms with Gasteiger partial charge in [0.1, 0.15) is 17.3 Å². The molecule has 0 aliphatic carbocycles. The number of carboxylic acid groups (broad SMARTS) is 1. The number of fused-ring (bicyclic) bond motifs is 1. The van der Waals surface area contributed by atoms with Crippen molar-refractivity contribution in [3.63, 3.8) is 0 Å². The Bertz CT molecular complexity index is 921. The van der Waals surface area contributed by atoms with Gasteiger partial charge in [-0.15, -0.1) is 11.3 Å². The van der Waals surface area contributed by atoms with Gasteiger partial charge in [0, 0.05) is 22.2 Å². The Morgan fingerprint density at radius 1 is 1.36 bits per heavy atom. The van der Waals surface area contributed by atoms with Crippen molar-refractivity contribution in [1.29, 1.82) is 0 Å². The molecule has 0 saturated heterocycles. The van der Waals surface area contributed by atoms with Crippen LogP contribution in [0.1, 0.15) is 26.5 Å². The molecule has 0 saturated carbocycles. The van der Waals surface area contributed by atoms with Crippen LogP contribution in [0.25, 0.3) is 16.2 Å². The van der Waals surface area contributed by atoms with E-state index in [4.69, 9.17) is 9.72 Å². The summed E-state index contributed by atoms with van der Waals surface area (Å²) >= 11 is 1.43. The summed E-state index contributed by atoms with van der Waals surface area (Å²) in [5.41, 5.74) is 2.11. The molecule has 0 radical (unpaired) electrons. The summed E-state index contributed by atoms with van der Waals surface area (Å²) in [6.45, 7) is 6.17. The molecule has 2 heterocycles. The van der Waals surface area contributed by atoms with Gasteiger partial charge in [-0.3, -0.25) is 9.20 Å². The first-order valence-corrected chi connectivity index (χ1v) is 8.80. The molecule has 132 valence electrons. The Hall–Kier alpha value is -2.54. The number of thiazole rings is 1. The van der Waals surface area contributed by atoms with Crippen LogP contribution in [0, 0.1) is 0 Å². The van der Waals surface area contributed by atoms with Gasteiger partial charge in [0.25, 0.3) is 0 Å². The molecule has 25 heavy (non-hydrogen) atoms. The summed E-state index contributed by atoms with van der Waals surface area (Å²) in [5, 5.41) is 14.5. The number of nitrogens with one attached hydrogen (secondary N) is 1. The molecule has 0 amide bonds. The smallest absolute Gasteiger partial charge is 0.309 e. The minimum Gasteiger partial charge on any atom is -0.496 e. The van der Waals surface area contributed by atoms with Gasteiger partial charge in [-0.2, -0.15) is 0 Å². The monoisotopic (exact) mass is 359 g/mol. The Morgan fingerprint density at radius 3 is 2.72 bits per heavy atom. The predicted molar refractivity (Wildman–Crippen MR) is 99.8 cm³/mol. The lowest BCUT2D eigenvalue weighted by atomic mass is 10.1. The molecule has 0 spiro atoms. The highest BCUT2D eigenvalue weighted by Crippen LogP contribution is 2.38. The number of ether oxygens (including phenoxy) is 1. The number of rotatable bonds is 5. The summed E-state index contributed by atoms with van der Waals surface area (Å²) in [5.74, 6) is 0.642. The van der Waals surface area contributed by atoms with Gasteiger partial charge in [0.05, 0.1) is 13.5 Å². The highest BCUT2D eigenvalue weighted by Gasteiger charge is 2.24. The third-order valence-electron chi connectivity index (χ3n) is 3.62. The average Bonchev–Trinajstić information content (AvgIpc) is 3.06. The van der Waals surface area contributed by atoms with Crippen molar-refractivity contribution >= 4 is 28.1 Å². The fourth-order valence-corrected chi connectivity index (χ4v) is 3.58. The number of carboxylic acids is 1. The zero-order chi connectivity index (χ0) is 18.2. The molecule has 0 atom stereocenters. The van der Waals surface area contributed by atoms with E-state index < -0.39 is 5.97 Å². The van der Waals surface area contributed by atoms with Crippen LogP contribution in [0.15, 0.2) is 29.6 Å². The highest BCUT2D eigenvalue weighted by atomic mass is 32.1. The second-order valence-corrected chi connectivity index (χ2v) is 7.64. The van der Waals surface area contributed by atoms with Gasteiger partial charge in [-0.25, -0.2) is 4.98 Å². The first-order chi connectivity index (χ1) is 11.8. The number of carbonyl (C=O) groups is 1. The maximum atomic E-state index is 11.2. The quantitative estimate of drug-likeness (QED) is 0.722. The summed E-state index contributed by atoms with van der Waals surface area (Å²) < 4.78 is 7.38. The first-order valence-electron chi connectivity index (χ1n) is 7.92. The molecule has 3 aromatic rings. The van der Waals surface area contributed by atoms with Crippen LogP contribution in [0.3, 0.4) is 0 Å². The fourth-order valence-electron chi connectivity index (χ4n) is 2.69. The molecule has 1 aromatic carbocycles. The zero-order valence-electron chi connectivity index (χ0n) is 14.7. The van der Waals surface area contributed by atoms with E-state index in [-0.39, 0.29) is 12.0 Å². The molecule has 0 bridgehead atoms. The Labute approximate surface area is 150 Å². The van der Waals surface area contributed by atoms with Crippen molar-refractivity contribution in [2.24, 2.45) is 0 Å². The van der Waals surface area contributed by atoms with E-state index in [1.807, 2.05) is 34.0 Å². The number of imidazole rings is 1. The largest absolute Gasteiger partial charge is 0.496 e. The van der Waals surface area contributed by atoms with Crippen LogP contribution in [-0.2, 0) is 11.2 Å². The number of aliphatic carboxylic acids is 1. The second-order valence-electron chi connectivity index (χ2n) is 6.80. The molecule has 0 unspecified atom stereocenters. The molecule has 0 fully saturated rings. The number of nitrogens with zero attached hydrogens (tertiary/aromatic N) is 2. The van der Waals surface area contributed by atoms with Crippen LogP contribution in [-0.4, -0.2) is 33.1 Å². The van der Waals surface area contributed by atoms with E-state index in [0.29, 0.717) is 5.69 Å². The van der Waals surface area contributed by atoms with Crippen LogP contribution in [0.2, 0.25) is 0 Å². The summed E-state index contributed by atoms with van der Waals surface area (Å²) in [6, 6.07) is 7.69. The topological polar surface area (TPSA) is 75.9 Å². The SMILES string of the molecule is COc1ccccc1-c1nc2scc(CC(=O)O)n2c1NC(C)(C)C. The van der Waals surface area contributed by atoms with Gasteiger partial charge < -0.3 is 15.2 Å². The Kier molecular flexibility index (Phi) is 4.43. The fraction of sp³-hybridized carbons (Fsp3) is 0.333. The molecule has 2 aromatic heterocycles. The van der Waals surface area contributed by atoms with E-state index in [2.05, 4.69) is 26.1 Å². The van der Waals surface area contributed by atoms with Crippen LogP contribution >= 0.6 is 11.3 Å². The molecule has 0 aliphatic rings. The standard InChI is InChI=1S/C18H21N3O3S/c1-18(2,3)20-16-15(12-7-5-6-8-13(12)24-4)19-17-21(16)11(10-25-17)9-14(22)23/h5-8,10,20H,9H2,1-4H3,(H,22,23). The number of aromatic nitrogens is 2. The number of methoxy groups -OCH3 is 1. The minimum absolute atomic E-state index is 0.0550. The van der Waals surface area contributed by atoms with Crippen LogP contribution in [0.4, 0.5) is 5.82 Å². The second kappa shape index (κ2) is 6.40. The van der Waals surface area contributed by atoms with E-state index in [1.54, 1.807) is 7.11 Å². The Balaban J connectivity index is 2.26. The van der Waals surface area contributed by atoms with E-state index >= 15 is 0 Å². The van der Waals surface area contributed by atoms with Crippen molar-refractivity contribution in [2.45, 2.75) is 32.7 Å². The molecular formula is C18H21N3O3S. The van der Waals surface area contributed by atoms with Gasteiger partial charge in [-0.05, 0) is 32.9 Å². The van der Waals surface area contributed by atoms with Gasteiger partial charge in [-0.1, -0.05) is 12.1 Å². The van der Waals surface area contributed by atoms with Gasteiger partial charge in [0.15, 0.2) is 4.96 Å². The molecule has 3 rings (SSSR count). The van der Waals surface area contributed by atoms with Gasteiger partial charge >= 0.3 is 5.97 Å². The molecule has 0 aliphatic heterocycles. The molecule has 6 nitrogen and oxygen atoms in total. The van der Waals surface area contributed by atoms with E-state index in [9.17, 15) is 9.90 Å². The minimum atomic E-state index is -0.867. The highest BCUT2D eigenvalue weighted by molar-refractivity contribution is 7.15. The lowest BCUT2D eigenvalue weighted by molar-refractivity contribution is -0.136. The summed E-state index contributed by atoms with van der Waals surface area (Å²) in [4.78, 5) is 16.7. The van der Waals surface area contributed by atoms with Crippen LogP contribution in [0.5, 0.6) is 5.75 Å². The maximum Gasteiger partial charge on any atom is 0.309 e. The first kappa shape index (κ1) is 17.3. The van der Waals surface area contributed by atoms with Crippen molar-refractivity contribution < 1.29 is 14.6 Å². The van der Waals surface area contributed by atoms with Gasteiger partial charge in [0.2, 0.25) is 0 Å². The van der Waals surface area contributed by atoms with Crippen molar-refractivity contribution in [3.05, 3.63) is 35.3 Å². The van der Waals surface area contributed by atoms with Crippen molar-refractivity contribution in [2.75, 3.05) is 12.4 Å². The van der Waals surface area contributed by atoms with E-state index in [0.717, 1.165) is 27.8 Å². The average molecular weight is 359 g/mol. The molecular weight excluding hydrogens is 338 g/mol.